The molecule has 4 rings (SSSR count). The summed E-state index contributed by atoms with van der Waals surface area (Å²) in [5.74, 6) is -1.44. The van der Waals surface area contributed by atoms with Crippen LogP contribution in [0.4, 0.5) is 4.79 Å². The molecule has 3 saturated heterocycles. The highest BCUT2D eigenvalue weighted by atomic mass is 16.8. The fourth-order valence-electron chi connectivity index (χ4n) is 3.39. The maximum absolute atomic E-state index is 12.0. The molecule has 0 spiro atoms. The first-order valence-corrected chi connectivity index (χ1v) is 8.75. The van der Waals surface area contributed by atoms with Crippen molar-refractivity contribution in [2.45, 2.75) is 37.9 Å². The van der Waals surface area contributed by atoms with Crippen molar-refractivity contribution in [1.82, 2.24) is 5.06 Å². The third kappa shape index (κ3) is 3.80. The predicted molar refractivity (Wildman–Crippen MR) is 86.6 cm³/mol. The lowest BCUT2D eigenvalue weighted by Gasteiger charge is -2.22. The second-order valence-electron chi connectivity index (χ2n) is 6.53. The molecule has 3 aliphatic heterocycles. The first kappa shape index (κ1) is 17.9. The molecule has 2 amide bonds. The topological polar surface area (TPSA) is 101 Å². The summed E-state index contributed by atoms with van der Waals surface area (Å²) in [6.45, 7) is 0.837. The summed E-state index contributed by atoms with van der Waals surface area (Å²) < 4.78 is 22.3. The third-order valence-electron chi connectivity index (χ3n) is 4.75. The van der Waals surface area contributed by atoms with Crippen LogP contribution < -0.4 is 0 Å². The predicted octanol–water partition coefficient (Wildman–Crippen LogP) is 1.16. The molecule has 0 bridgehead atoms. The van der Waals surface area contributed by atoms with Gasteiger partial charge in [0, 0.05) is 12.8 Å². The number of hydroxylamine groups is 2. The van der Waals surface area contributed by atoms with Crippen LogP contribution in [-0.2, 0) is 40.0 Å². The number of imide groups is 1. The van der Waals surface area contributed by atoms with Gasteiger partial charge in [0.25, 0.3) is 11.8 Å². The van der Waals surface area contributed by atoms with Crippen molar-refractivity contribution in [3.63, 3.8) is 0 Å². The smallest absolute Gasteiger partial charge is 0.426 e. The zero-order chi connectivity index (χ0) is 18.8. The Morgan fingerprint density at radius 3 is 2.41 bits per heavy atom. The molecule has 9 heteroatoms. The Kier molecular flexibility index (Phi) is 5.06. The van der Waals surface area contributed by atoms with Crippen LogP contribution in [0.2, 0.25) is 0 Å². The number of hydrogen-bond donors (Lipinski definition) is 0. The summed E-state index contributed by atoms with van der Waals surface area (Å²) in [6, 6.07) is 9.68. The van der Waals surface area contributed by atoms with Gasteiger partial charge in [-0.05, 0) is 5.56 Å². The normalized spacial score (nSPS) is 29.9. The second-order valence-corrected chi connectivity index (χ2v) is 6.53. The summed E-state index contributed by atoms with van der Waals surface area (Å²) >= 11 is 0. The molecule has 0 aliphatic carbocycles. The molecule has 0 aromatic heterocycles. The van der Waals surface area contributed by atoms with Crippen molar-refractivity contribution in [3.05, 3.63) is 35.9 Å². The number of hydrogen-bond acceptors (Lipinski definition) is 8. The number of benzene rings is 1. The van der Waals surface area contributed by atoms with Crippen molar-refractivity contribution in [1.29, 1.82) is 0 Å². The van der Waals surface area contributed by atoms with Gasteiger partial charge in [0.05, 0.1) is 31.8 Å². The van der Waals surface area contributed by atoms with Crippen LogP contribution in [0, 0.1) is 5.92 Å². The van der Waals surface area contributed by atoms with Crippen LogP contribution in [0.3, 0.4) is 0 Å². The van der Waals surface area contributed by atoms with E-state index in [1.54, 1.807) is 0 Å². The van der Waals surface area contributed by atoms with Crippen LogP contribution in [-0.4, -0.2) is 54.7 Å². The summed E-state index contributed by atoms with van der Waals surface area (Å²) in [4.78, 5) is 39.8. The molecule has 1 aromatic rings. The first-order valence-electron chi connectivity index (χ1n) is 8.75. The van der Waals surface area contributed by atoms with Gasteiger partial charge in [-0.3, -0.25) is 14.4 Å². The lowest BCUT2D eigenvalue weighted by Crippen LogP contribution is -2.38. The lowest BCUT2D eigenvalue weighted by molar-refractivity contribution is -0.179. The summed E-state index contributed by atoms with van der Waals surface area (Å²) in [6.07, 6.45) is -2.58. The highest BCUT2D eigenvalue weighted by Crippen LogP contribution is 2.35. The minimum absolute atomic E-state index is 0.0204. The lowest BCUT2D eigenvalue weighted by atomic mass is 10.00. The molecule has 0 saturated carbocycles. The minimum atomic E-state index is -1.12. The molecular formula is C18H19NO8. The standard InChI is InChI=1S/C18H19NO8/c20-14-6-7-15(21)19(14)27-18(22)26-13-10-25-17-16(13)12(9-24-17)23-8-11-4-2-1-3-5-11/h1-5,12-13,16-17H,6-10H2/t12-,13-,16-,17+/m0/s1. The fourth-order valence-corrected chi connectivity index (χ4v) is 3.39. The molecule has 4 atom stereocenters. The van der Waals surface area contributed by atoms with Crippen LogP contribution in [0.15, 0.2) is 30.3 Å². The van der Waals surface area contributed by atoms with Gasteiger partial charge in [-0.1, -0.05) is 35.4 Å². The monoisotopic (exact) mass is 377 g/mol. The van der Waals surface area contributed by atoms with E-state index in [-0.39, 0.29) is 31.5 Å². The number of ether oxygens (including phenoxy) is 4. The van der Waals surface area contributed by atoms with E-state index < -0.39 is 30.4 Å². The quantitative estimate of drug-likeness (QED) is 0.557. The highest BCUT2D eigenvalue weighted by molar-refractivity contribution is 6.01. The van der Waals surface area contributed by atoms with Crippen molar-refractivity contribution in [2.24, 2.45) is 5.92 Å². The molecule has 0 unspecified atom stereocenters. The summed E-state index contributed by atoms with van der Waals surface area (Å²) in [5, 5.41) is 0.449. The molecule has 1 aromatic carbocycles. The van der Waals surface area contributed by atoms with E-state index in [0.717, 1.165) is 5.56 Å². The highest BCUT2D eigenvalue weighted by Gasteiger charge is 2.51. The molecule has 27 heavy (non-hydrogen) atoms. The largest absolute Gasteiger partial charge is 0.534 e. The number of amides is 2. The molecule has 0 radical (unpaired) electrons. The Morgan fingerprint density at radius 1 is 1.04 bits per heavy atom. The van der Waals surface area contributed by atoms with Crippen molar-refractivity contribution in [2.75, 3.05) is 13.2 Å². The fraction of sp³-hybridized carbons (Fsp3) is 0.500. The third-order valence-corrected chi connectivity index (χ3v) is 4.75. The Bertz CT molecular complexity index is 707. The summed E-state index contributed by atoms with van der Waals surface area (Å²) in [5.41, 5.74) is 1.02. The zero-order valence-electron chi connectivity index (χ0n) is 14.4. The Hall–Kier alpha value is -2.49. The van der Waals surface area contributed by atoms with E-state index in [1.807, 2.05) is 30.3 Å². The van der Waals surface area contributed by atoms with Gasteiger partial charge in [-0.15, -0.1) is 0 Å². The van der Waals surface area contributed by atoms with E-state index >= 15 is 0 Å². The Morgan fingerprint density at radius 2 is 1.70 bits per heavy atom. The number of rotatable bonds is 5. The van der Waals surface area contributed by atoms with Gasteiger partial charge in [-0.25, -0.2) is 4.79 Å². The number of carbonyl (C=O) groups excluding carboxylic acids is 3. The molecule has 3 aliphatic rings. The van der Waals surface area contributed by atoms with Crippen molar-refractivity contribution >= 4 is 18.0 Å². The molecule has 0 N–H and O–H groups in total. The van der Waals surface area contributed by atoms with E-state index in [1.165, 1.54) is 0 Å². The molecular weight excluding hydrogens is 358 g/mol. The Balaban J connectivity index is 1.33. The SMILES string of the molecule is O=C(O[C@H]1CO[C@H]2OC[C@H](OCc3ccccc3)[C@H]21)ON1C(=O)CCC1=O. The van der Waals surface area contributed by atoms with Gasteiger partial charge >= 0.3 is 6.16 Å². The number of nitrogens with zero attached hydrogens (tertiary/aromatic N) is 1. The second kappa shape index (κ2) is 7.63. The molecule has 144 valence electrons. The molecule has 9 nitrogen and oxygen atoms in total. The van der Waals surface area contributed by atoms with Crippen LogP contribution in [0.25, 0.3) is 0 Å². The van der Waals surface area contributed by atoms with E-state index in [0.29, 0.717) is 18.3 Å². The number of carbonyl (C=O) groups is 3. The number of fused-ring (bicyclic) bond motifs is 1. The van der Waals surface area contributed by atoms with Gasteiger partial charge in [0.1, 0.15) is 6.10 Å². The van der Waals surface area contributed by atoms with Gasteiger partial charge in [0.15, 0.2) is 6.29 Å². The van der Waals surface area contributed by atoms with Crippen LogP contribution in [0.5, 0.6) is 0 Å². The van der Waals surface area contributed by atoms with E-state index in [9.17, 15) is 14.4 Å². The van der Waals surface area contributed by atoms with Gasteiger partial charge < -0.3 is 18.9 Å². The summed E-state index contributed by atoms with van der Waals surface area (Å²) in [7, 11) is 0. The van der Waals surface area contributed by atoms with Gasteiger partial charge in [0.2, 0.25) is 0 Å². The van der Waals surface area contributed by atoms with Crippen LogP contribution >= 0.6 is 0 Å². The van der Waals surface area contributed by atoms with E-state index in [2.05, 4.69) is 0 Å². The van der Waals surface area contributed by atoms with Crippen LogP contribution in [0.1, 0.15) is 18.4 Å². The molecule has 3 heterocycles. The minimum Gasteiger partial charge on any atom is -0.426 e. The first-order chi connectivity index (χ1) is 13.1. The Labute approximate surface area is 155 Å². The zero-order valence-corrected chi connectivity index (χ0v) is 14.4. The maximum atomic E-state index is 12.0. The van der Waals surface area contributed by atoms with Crippen molar-refractivity contribution in [3.8, 4) is 0 Å². The average Bonchev–Trinajstić information content (AvgIpc) is 3.34. The maximum Gasteiger partial charge on any atom is 0.534 e. The van der Waals surface area contributed by atoms with Crippen molar-refractivity contribution < 1.29 is 38.2 Å². The van der Waals surface area contributed by atoms with E-state index in [4.69, 9.17) is 23.8 Å². The average molecular weight is 377 g/mol. The van der Waals surface area contributed by atoms with Gasteiger partial charge in [-0.2, -0.15) is 0 Å². The molecule has 3 fully saturated rings.